The summed E-state index contributed by atoms with van der Waals surface area (Å²) in [6, 6.07) is 4.83. The normalized spacial score (nSPS) is 20.4. The molecule has 0 spiro atoms. The molecule has 0 radical (unpaired) electrons. The molecule has 0 aromatic heterocycles. The number of carbonyl (C=O) groups is 1. The van der Waals surface area contributed by atoms with Crippen LogP contribution in [0.25, 0.3) is 0 Å². The molecule has 7 heteroatoms. The molecule has 2 rings (SSSR count). The van der Waals surface area contributed by atoms with E-state index in [4.69, 9.17) is 5.11 Å². The van der Waals surface area contributed by atoms with E-state index in [1.54, 1.807) is 30.8 Å². The molecule has 0 amide bonds. The van der Waals surface area contributed by atoms with Crippen molar-refractivity contribution >= 4 is 27.8 Å². The monoisotopic (exact) mass is 329 g/mol. The first kappa shape index (κ1) is 16.3. The second-order valence-electron chi connectivity index (χ2n) is 5.21. The number of benzene rings is 1. The van der Waals surface area contributed by atoms with Gasteiger partial charge in [-0.15, -0.1) is 0 Å². The highest BCUT2D eigenvalue weighted by molar-refractivity contribution is 7.99. The van der Waals surface area contributed by atoms with Crippen molar-refractivity contribution in [1.29, 1.82) is 0 Å². The Bertz CT molecular complexity index is 642. The maximum atomic E-state index is 12.9. The van der Waals surface area contributed by atoms with Crippen molar-refractivity contribution in [2.45, 2.75) is 31.2 Å². The number of aliphatic carboxylic acids is 1. The van der Waals surface area contributed by atoms with Crippen molar-refractivity contribution in [3.05, 3.63) is 29.3 Å². The second kappa shape index (κ2) is 6.37. The lowest BCUT2D eigenvalue weighted by Gasteiger charge is -2.33. The van der Waals surface area contributed by atoms with E-state index in [1.807, 2.05) is 13.0 Å². The molecule has 5 nitrogen and oxygen atoms in total. The zero-order valence-electron chi connectivity index (χ0n) is 12.1. The van der Waals surface area contributed by atoms with E-state index in [-0.39, 0.29) is 11.3 Å². The molecule has 1 aliphatic heterocycles. The van der Waals surface area contributed by atoms with E-state index in [9.17, 15) is 13.2 Å². The van der Waals surface area contributed by atoms with Crippen molar-refractivity contribution < 1.29 is 18.3 Å². The van der Waals surface area contributed by atoms with Crippen molar-refractivity contribution in [1.82, 2.24) is 4.31 Å². The van der Waals surface area contributed by atoms with E-state index in [0.717, 1.165) is 5.56 Å². The molecular weight excluding hydrogens is 310 g/mol. The van der Waals surface area contributed by atoms with E-state index in [2.05, 4.69) is 0 Å². The fourth-order valence-corrected chi connectivity index (χ4v) is 5.64. The van der Waals surface area contributed by atoms with Gasteiger partial charge in [-0.3, -0.25) is 4.79 Å². The summed E-state index contributed by atoms with van der Waals surface area (Å²) in [7, 11) is -3.65. The highest BCUT2D eigenvalue weighted by Gasteiger charge is 2.35. The lowest BCUT2D eigenvalue weighted by molar-refractivity contribution is -0.137. The quantitative estimate of drug-likeness (QED) is 0.913. The molecule has 116 valence electrons. The zero-order chi connectivity index (χ0) is 15.6. The Balaban J connectivity index is 2.40. The molecule has 0 aliphatic carbocycles. The number of thioether (sulfide) groups is 1. The van der Waals surface area contributed by atoms with Gasteiger partial charge >= 0.3 is 5.97 Å². The van der Waals surface area contributed by atoms with Crippen LogP contribution in [0, 0.1) is 13.8 Å². The Labute approximate surface area is 129 Å². The third kappa shape index (κ3) is 3.59. The lowest BCUT2D eigenvalue weighted by Crippen LogP contribution is -2.47. The number of carboxylic acid groups (broad SMARTS) is 1. The van der Waals surface area contributed by atoms with Crippen molar-refractivity contribution in [3.63, 3.8) is 0 Å². The number of aryl methyl sites for hydroxylation is 2. The van der Waals surface area contributed by atoms with Crippen LogP contribution in [0.2, 0.25) is 0 Å². The molecule has 1 aromatic carbocycles. The molecule has 1 aromatic rings. The number of hydrogen-bond acceptors (Lipinski definition) is 4. The summed E-state index contributed by atoms with van der Waals surface area (Å²) >= 11 is 1.60. The molecule has 21 heavy (non-hydrogen) atoms. The topological polar surface area (TPSA) is 74.7 Å². The fraction of sp³-hybridized carbons (Fsp3) is 0.500. The van der Waals surface area contributed by atoms with Gasteiger partial charge in [-0.1, -0.05) is 12.1 Å². The molecule has 1 N–H and O–H groups in total. The van der Waals surface area contributed by atoms with Crippen LogP contribution in [0.4, 0.5) is 0 Å². The van der Waals surface area contributed by atoms with Gasteiger partial charge in [-0.05, 0) is 31.0 Å². The third-order valence-electron chi connectivity index (χ3n) is 3.51. The van der Waals surface area contributed by atoms with Gasteiger partial charge in [-0.25, -0.2) is 8.42 Å². The third-order valence-corrected chi connectivity index (χ3v) is 6.70. The summed E-state index contributed by atoms with van der Waals surface area (Å²) in [4.78, 5) is 11.2. The lowest BCUT2D eigenvalue weighted by atomic mass is 10.2. The maximum absolute atomic E-state index is 12.9. The minimum absolute atomic E-state index is 0.156. The zero-order valence-corrected chi connectivity index (χ0v) is 13.7. The second-order valence-corrected chi connectivity index (χ2v) is 8.22. The Kier molecular flexibility index (Phi) is 4.95. The minimum atomic E-state index is -3.65. The summed E-state index contributed by atoms with van der Waals surface area (Å²) in [5.74, 6) is 0.250. The van der Waals surface area contributed by atoms with Crippen molar-refractivity contribution in [2.24, 2.45) is 0 Å². The van der Waals surface area contributed by atoms with Gasteiger partial charge in [0.25, 0.3) is 0 Å². The van der Waals surface area contributed by atoms with Crippen LogP contribution in [0.5, 0.6) is 0 Å². The molecule has 1 aliphatic rings. The number of hydrogen-bond donors (Lipinski definition) is 1. The standard InChI is InChI=1S/C14H19NO4S2/c1-10-3-4-11(2)13(7-10)21(18,19)15-5-6-20-9-12(15)8-14(16)17/h3-4,7,12H,5-6,8-9H2,1-2H3,(H,16,17). The summed E-state index contributed by atoms with van der Waals surface area (Å²) in [5.41, 5.74) is 1.56. The Morgan fingerprint density at radius 1 is 1.43 bits per heavy atom. The molecular formula is C14H19NO4S2. The summed E-state index contributed by atoms with van der Waals surface area (Å²) in [6.45, 7) is 3.97. The van der Waals surface area contributed by atoms with Crippen LogP contribution in [0.1, 0.15) is 17.5 Å². The van der Waals surface area contributed by atoms with Gasteiger partial charge in [-0.2, -0.15) is 16.1 Å². The Morgan fingerprint density at radius 3 is 2.81 bits per heavy atom. The summed E-state index contributed by atoms with van der Waals surface area (Å²) in [5, 5.41) is 8.99. The smallest absolute Gasteiger partial charge is 0.305 e. The van der Waals surface area contributed by atoms with Gasteiger partial charge in [0.15, 0.2) is 0 Å². The SMILES string of the molecule is Cc1ccc(C)c(S(=O)(=O)N2CCSCC2CC(=O)O)c1. The average molecular weight is 329 g/mol. The van der Waals surface area contributed by atoms with Gasteiger partial charge in [0, 0.05) is 24.1 Å². The number of carboxylic acids is 1. The minimum Gasteiger partial charge on any atom is -0.481 e. The van der Waals surface area contributed by atoms with Crippen LogP contribution >= 0.6 is 11.8 Å². The first-order chi connectivity index (χ1) is 9.82. The highest BCUT2D eigenvalue weighted by Crippen LogP contribution is 2.28. The fourth-order valence-electron chi connectivity index (χ4n) is 2.43. The Morgan fingerprint density at radius 2 is 2.14 bits per heavy atom. The molecule has 1 atom stereocenters. The van der Waals surface area contributed by atoms with Gasteiger partial charge in [0.1, 0.15) is 0 Å². The maximum Gasteiger partial charge on any atom is 0.305 e. The number of rotatable bonds is 4. The largest absolute Gasteiger partial charge is 0.481 e. The van der Waals surface area contributed by atoms with Crippen LogP contribution in [-0.4, -0.2) is 47.9 Å². The number of sulfonamides is 1. The first-order valence-corrected chi connectivity index (χ1v) is 9.30. The van der Waals surface area contributed by atoms with Crippen molar-refractivity contribution in [2.75, 3.05) is 18.1 Å². The van der Waals surface area contributed by atoms with Crippen LogP contribution < -0.4 is 0 Å². The highest BCUT2D eigenvalue weighted by atomic mass is 32.2. The number of nitrogens with zero attached hydrogens (tertiary/aromatic N) is 1. The van der Waals surface area contributed by atoms with E-state index in [0.29, 0.717) is 23.6 Å². The van der Waals surface area contributed by atoms with Gasteiger partial charge < -0.3 is 5.11 Å². The van der Waals surface area contributed by atoms with E-state index < -0.39 is 22.0 Å². The van der Waals surface area contributed by atoms with Gasteiger partial charge in [0.05, 0.1) is 11.3 Å². The molecule has 1 saturated heterocycles. The summed E-state index contributed by atoms with van der Waals surface area (Å²) in [6.07, 6.45) is -0.156. The average Bonchev–Trinajstić information content (AvgIpc) is 2.41. The predicted molar refractivity (Wildman–Crippen MR) is 83.2 cm³/mol. The predicted octanol–water partition coefficient (Wildman–Crippen LogP) is 1.88. The van der Waals surface area contributed by atoms with Crippen molar-refractivity contribution in [3.8, 4) is 0 Å². The molecule has 1 fully saturated rings. The molecule has 1 unspecified atom stereocenters. The molecule has 1 heterocycles. The van der Waals surface area contributed by atoms with Crippen LogP contribution in [0.15, 0.2) is 23.1 Å². The molecule has 0 saturated carbocycles. The van der Waals surface area contributed by atoms with Gasteiger partial charge in [0.2, 0.25) is 10.0 Å². The van der Waals surface area contributed by atoms with Crippen LogP contribution in [0.3, 0.4) is 0 Å². The molecule has 0 bridgehead atoms. The first-order valence-electron chi connectivity index (χ1n) is 6.71. The van der Waals surface area contributed by atoms with E-state index >= 15 is 0 Å². The van der Waals surface area contributed by atoms with E-state index in [1.165, 1.54) is 4.31 Å². The Hall–Kier alpha value is -1.05. The van der Waals surface area contributed by atoms with Crippen LogP contribution in [-0.2, 0) is 14.8 Å². The summed E-state index contributed by atoms with van der Waals surface area (Å²) < 4.78 is 27.1.